The smallest absolute Gasteiger partial charge is 0.251 e. The number of amides is 1. The highest BCUT2D eigenvalue weighted by Gasteiger charge is 2.13. The molecule has 2 N–H and O–H groups in total. The molecule has 0 saturated heterocycles. The first-order valence-corrected chi connectivity index (χ1v) is 5.45. The summed E-state index contributed by atoms with van der Waals surface area (Å²) in [7, 11) is 0. The van der Waals surface area contributed by atoms with E-state index in [9.17, 15) is 4.79 Å². The van der Waals surface area contributed by atoms with Crippen LogP contribution in [0.4, 0.5) is 0 Å². The van der Waals surface area contributed by atoms with E-state index in [0.29, 0.717) is 12.1 Å². The third-order valence-electron chi connectivity index (χ3n) is 2.41. The van der Waals surface area contributed by atoms with Crippen LogP contribution in [0.2, 0.25) is 0 Å². The molecular weight excluding hydrogens is 202 g/mol. The zero-order valence-corrected chi connectivity index (χ0v) is 10.1. The minimum absolute atomic E-state index is 0.0359. The zero-order valence-electron chi connectivity index (χ0n) is 10.1. The Morgan fingerprint density at radius 2 is 1.81 bits per heavy atom. The summed E-state index contributed by atoms with van der Waals surface area (Å²) >= 11 is 0. The Balaban J connectivity index is 2.75. The number of aliphatic hydroxyl groups is 1. The van der Waals surface area contributed by atoms with E-state index in [0.717, 1.165) is 0 Å². The van der Waals surface area contributed by atoms with Crippen LogP contribution >= 0.6 is 0 Å². The Hall–Kier alpha value is -1.35. The van der Waals surface area contributed by atoms with Crippen molar-refractivity contribution in [3.8, 4) is 0 Å². The molecule has 3 nitrogen and oxygen atoms in total. The molecule has 0 spiro atoms. The van der Waals surface area contributed by atoms with Crippen LogP contribution < -0.4 is 5.32 Å². The first-order valence-electron chi connectivity index (χ1n) is 5.45. The molecule has 0 fully saturated rings. The number of hydrogen-bond donors (Lipinski definition) is 2. The molecule has 0 atom stereocenters. The molecule has 16 heavy (non-hydrogen) atoms. The lowest BCUT2D eigenvalue weighted by atomic mass is 9.87. The summed E-state index contributed by atoms with van der Waals surface area (Å²) in [6.45, 7) is 6.65. The lowest BCUT2D eigenvalue weighted by Crippen LogP contribution is -2.26. The van der Waals surface area contributed by atoms with Crippen molar-refractivity contribution in [1.82, 2.24) is 5.32 Å². The Bertz CT molecular complexity index is 349. The van der Waals surface area contributed by atoms with Gasteiger partial charge in [0, 0.05) is 12.1 Å². The van der Waals surface area contributed by atoms with Gasteiger partial charge < -0.3 is 10.4 Å². The molecule has 0 bridgehead atoms. The predicted octanol–water partition coefficient (Wildman–Crippen LogP) is 1.71. The molecule has 88 valence electrons. The maximum Gasteiger partial charge on any atom is 0.251 e. The molecule has 0 heterocycles. The minimum Gasteiger partial charge on any atom is -0.395 e. The highest BCUT2D eigenvalue weighted by Crippen LogP contribution is 2.22. The van der Waals surface area contributed by atoms with Gasteiger partial charge in [-0.05, 0) is 23.1 Å². The lowest BCUT2D eigenvalue weighted by molar-refractivity contribution is 0.0944. The van der Waals surface area contributed by atoms with Gasteiger partial charge in [-0.1, -0.05) is 32.9 Å². The van der Waals surface area contributed by atoms with Crippen molar-refractivity contribution in [2.75, 3.05) is 13.2 Å². The van der Waals surface area contributed by atoms with Crippen molar-refractivity contribution < 1.29 is 9.90 Å². The predicted molar refractivity (Wildman–Crippen MR) is 64.6 cm³/mol. The molecule has 1 aromatic rings. The van der Waals surface area contributed by atoms with E-state index < -0.39 is 0 Å². The van der Waals surface area contributed by atoms with Crippen molar-refractivity contribution in [3.05, 3.63) is 35.4 Å². The summed E-state index contributed by atoms with van der Waals surface area (Å²) < 4.78 is 0. The average molecular weight is 221 g/mol. The summed E-state index contributed by atoms with van der Waals surface area (Å²) in [4.78, 5) is 11.5. The van der Waals surface area contributed by atoms with E-state index in [2.05, 4.69) is 26.1 Å². The van der Waals surface area contributed by atoms with Gasteiger partial charge in [-0.25, -0.2) is 0 Å². The van der Waals surface area contributed by atoms with Gasteiger partial charge in [0.1, 0.15) is 0 Å². The summed E-state index contributed by atoms with van der Waals surface area (Å²) in [5, 5.41) is 11.2. The van der Waals surface area contributed by atoms with Crippen molar-refractivity contribution in [2.45, 2.75) is 26.2 Å². The zero-order chi connectivity index (χ0) is 12.2. The first-order chi connectivity index (χ1) is 7.45. The van der Waals surface area contributed by atoms with Crippen LogP contribution in [0.15, 0.2) is 24.3 Å². The van der Waals surface area contributed by atoms with Gasteiger partial charge in [0.25, 0.3) is 5.91 Å². The Morgan fingerprint density at radius 3 is 2.25 bits per heavy atom. The second kappa shape index (κ2) is 5.12. The van der Waals surface area contributed by atoms with Crippen molar-refractivity contribution in [3.63, 3.8) is 0 Å². The number of rotatable bonds is 3. The van der Waals surface area contributed by atoms with E-state index >= 15 is 0 Å². The first kappa shape index (κ1) is 12.7. The topological polar surface area (TPSA) is 49.3 Å². The monoisotopic (exact) mass is 221 g/mol. The molecule has 0 aromatic heterocycles. The fourth-order valence-electron chi connectivity index (χ4n) is 1.39. The van der Waals surface area contributed by atoms with Gasteiger partial charge in [0.2, 0.25) is 0 Å². The molecule has 0 radical (unpaired) electrons. The fourth-order valence-corrected chi connectivity index (χ4v) is 1.39. The van der Waals surface area contributed by atoms with E-state index in [1.54, 1.807) is 0 Å². The van der Waals surface area contributed by atoms with E-state index in [-0.39, 0.29) is 17.9 Å². The van der Waals surface area contributed by atoms with Crippen LogP contribution in [0.25, 0.3) is 0 Å². The second-order valence-corrected chi connectivity index (χ2v) is 4.81. The summed E-state index contributed by atoms with van der Waals surface area (Å²) in [5.41, 5.74) is 1.92. The maximum atomic E-state index is 11.5. The highest BCUT2D eigenvalue weighted by molar-refractivity contribution is 5.94. The number of carbonyl (C=O) groups is 1. The molecule has 1 amide bonds. The number of carbonyl (C=O) groups excluding carboxylic acids is 1. The number of benzene rings is 1. The third-order valence-corrected chi connectivity index (χ3v) is 2.41. The van der Waals surface area contributed by atoms with Crippen LogP contribution in [0.5, 0.6) is 0 Å². The summed E-state index contributed by atoms with van der Waals surface area (Å²) in [6.07, 6.45) is 0. The maximum absolute atomic E-state index is 11.5. The molecule has 0 aliphatic rings. The summed E-state index contributed by atoms with van der Waals surface area (Å²) in [5.74, 6) is -0.144. The van der Waals surface area contributed by atoms with Gasteiger partial charge >= 0.3 is 0 Å². The molecular formula is C13H19NO2. The van der Waals surface area contributed by atoms with Crippen LogP contribution in [-0.2, 0) is 5.41 Å². The Morgan fingerprint density at radius 1 is 1.25 bits per heavy atom. The largest absolute Gasteiger partial charge is 0.395 e. The van der Waals surface area contributed by atoms with E-state index in [1.807, 2.05) is 24.3 Å². The standard InChI is InChI=1S/C13H19NO2/c1-13(2,3)11-6-4-10(5-7-11)12(16)14-8-9-15/h4-7,15H,8-9H2,1-3H3,(H,14,16). The third kappa shape index (κ3) is 3.35. The van der Waals surface area contributed by atoms with Crippen LogP contribution in [0.1, 0.15) is 36.7 Å². The average Bonchev–Trinajstić information content (AvgIpc) is 2.25. The molecule has 0 aliphatic carbocycles. The van der Waals surface area contributed by atoms with E-state index in [4.69, 9.17) is 5.11 Å². The molecule has 0 saturated carbocycles. The van der Waals surface area contributed by atoms with Gasteiger partial charge in [-0.2, -0.15) is 0 Å². The van der Waals surface area contributed by atoms with Crippen LogP contribution in [0, 0.1) is 0 Å². The lowest BCUT2D eigenvalue weighted by Gasteiger charge is -2.19. The molecule has 3 heteroatoms. The number of hydrogen-bond acceptors (Lipinski definition) is 2. The van der Waals surface area contributed by atoms with Crippen molar-refractivity contribution in [1.29, 1.82) is 0 Å². The minimum atomic E-state index is -0.144. The number of nitrogens with one attached hydrogen (secondary N) is 1. The van der Waals surface area contributed by atoms with Gasteiger partial charge in [-0.3, -0.25) is 4.79 Å². The SMILES string of the molecule is CC(C)(C)c1ccc(C(=O)NCCO)cc1. The van der Waals surface area contributed by atoms with Gasteiger partial charge in [0.15, 0.2) is 0 Å². The molecule has 0 unspecified atom stereocenters. The van der Waals surface area contributed by atoms with Crippen LogP contribution in [0.3, 0.4) is 0 Å². The second-order valence-electron chi connectivity index (χ2n) is 4.81. The molecule has 1 rings (SSSR count). The number of aliphatic hydroxyl groups excluding tert-OH is 1. The normalized spacial score (nSPS) is 11.2. The highest BCUT2D eigenvalue weighted by atomic mass is 16.3. The van der Waals surface area contributed by atoms with Gasteiger partial charge in [0.05, 0.1) is 6.61 Å². The molecule has 0 aliphatic heterocycles. The Kier molecular flexibility index (Phi) is 4.07. The fraction of sp³-hybridized carbons (Fsp3) is 0.462. The quantitative estimate of drug-likeness (QED) is 0.816. The van der Waals surface area contributed by atoms with E-state index in [1.165, 1.54) is 5.56 Å². The summed E-state index contributed by atoms with van der Waals surface area (Å²) in [6, 6.07) is 7.56. The molecule has 1 aromatic carbocycles. The Labute approximate surface area is 96.5 Å². The van der Waals surface area contributed by atoms with Crippen molar-refractivity contribution >= 4 is 5.91 Å². The van der Waals surface area contributed by atoms with Gasteiger partial charge in [-0.15, -0.1) is 0 Å². The van der Waals surface area contributed by atoms with Crippen LogP contribution in [-0.4, -0.2) is 24.2 Å². The van der Waals surface area contributed by atoms with Crippen molar-refractivity contribution in [2.24, 2.45) is 0 Å².